The number of nitrogens with zero attached hydrogens (tertiary/aromatic N) is 2. The molecular weight excluding hydrogens is 233 g/mol. The van der Waals surface area contributed by atoms with Gasteiger partial charge in [-0.2, -0.15) is 18.3 Å². The SMILES string of the molecule is O[C@H](c1cnn(-c2ccccc2)c1)C(F)(F)F. The molecule has 1 atom stereocenters. The zero-order chi connectivity index (χ0) is 12.5. The van der Waals surface area contributed by atoms with Crippen molar-refractivity contribution in [3.8, 4) is 5.69 Å². The Labute approximate surface area is 95.1 Å². The van der Waals surface area contributed by atoms with E-state index in [0.717, 1.165) is 12.4 Å². The molecule has 0 spiro atoms. The monoisotopic (exact) mass is 242 g/mol. The van der Waals surface area contributed by atoms with Crippen LogP contribution >= 0.6 is 0 Å². The van der Waals surface area contributed by atoms with Gasteiger partial charge in [-0.05, 0) is 12.1 Å². The summed E-state index contributed by atoms with van der Waals surface area (Å²) in [5.41, 5.74) is 0.356. The van der Waals surface area contributed by atoms with Crippen LogP contribution in [0.1, 0.15) is 11.7 Å². The Hall–Kier alpha value is -1.82. The highest BCUT2D eigenvalue weighted by Crippen LogP contribution is 2.32. The molecule has 0 saturated carbocycles. The molecular formula is C11H9F3N2O. The lowest BCUT2D eigenvalue weighted by Gasteiger charge is -2.11. The van der Waals surface area contributed by atoms with Crippen molar-refractivity contribution in [2.24, 2.45) is 0 Å². The molecule has 3 nitrogen and oxygen atoms in total. The van der Waals surface area contributed by atoms with Gasteiger partial charge in [-0.3, -0.25) is 0 Å². The normalized spacial score (nSPS) is 13.6. The third-order valence-corrected chi connectivity index (χ3v) is 2.25. The molecule has 1 aromatic heterocycles. The van der Waals surface area contributed by atoms with Crippen molar-refractivity contribution in [3.63, 3.8) is 0 Å². The molecule has 0 aliphatic heterocycles. The molecule has 2 aromatic rings. The molecule has 0 bridgehead atoms. The summed E-state index contributed by atoms with van der Waals surface area (Å²) in [6.07, 6.45) is -5.01. The van der Waals surface area contributed by atoms with E-state index in [2.05, 4.69) is 5.10 Å². The summed E-state index contributed by atoms with van der Waals surface area (Å²) in [5.74, 6) is 0. The summed E-state index contributed by atoms with van der Waals surface area (Å²) in [7, 11) is 0. The standard InChI is InChI=1S/C11H9F3N2O/c12-11(13,14)10(17)8-6-15-16(7-8)9-4-2-1-3-5-9/h1-7,10,17H/t10-/m1/s1. The third-order valence-electron chi connectivity index (χ3n) is 2.25. The van der Waals surface area contributed by atoms with Crippen molar-refractivity contribution in [1.29, 1.82) is 0 Å². The number of hydrogen-bond acceptors (Lipinski definition) is 2. The van der Waals surface area contributed by atoms with Gasteiger partial charge in [0.05, 0.1) is 11.9 Å². The molecule has 6 heteroatoms. The lowest BCUT2D eigenvalue weighted by molar-refractivity contribution is -0.206. The first-order valence-electron chi connectivity index (χ1n) is 4.83. The van der Waals surface area contributed by atoms with Crippen molar-refractivity contribution < 1.29 is 18.3 Å². The van der Waals surface area contributed by atoms with E-state index in [1.807, 2.05) is 0 Å². The second-order valence-electron chi connectivity index (χ2n) is 3.50. The quantitative estimate of drug-likeness (QED) is 0.878. The fourth-order valence-corrected chi connectivity index (χ4v) is 1.39. The van der Waals surface area contributed by atoms with E-state index in [-0.39, 0.29) is 5.56 Å². The molecule has 0 aliphatic carbocycles. The average Bonchev–Trinajstić information content (AvgIpc) is 2.77. The highest BCUT2D eigenvalue weighted by Gasteiger charge is 2.40. The van der Waals surface area contributed by atoms with Crippen LogP contribution < -0.4 is 0 Å². The number of aliphatic hydroxyl groups excluding tert-OH is 1. The molecule has 1 aromatic carbocycles. The number of alkyl halides is 3. The maximum Gasteiger partial charge on any atom is 0.418 e. The van der Waals surface area contributed by atoms with Gasteiger partial charge in [-0.25, -0.2) is 4.68 Å². The number of hydrogen-bond donors (Lipinski definition) is 1. The van der Waals surface area contributed by atoms with Gasteiger partial charge in [-0.1, -0.05) is 18.2 Å². The summed E-state index contributed by atoms with van der Waals surface area (Å²) in [5, 5.41) is 12.8. The van der Waals surface area contributed by atoms with Gasteiger partial charge in [-0.15, -0.1) is 0 Å². The van der Waals surface area contributed by atoms with Gasteiger partial charge >= 0.3 is 6.18 Å². The molecule has 0 saturated heterocycles. The fraction of sp³-hybridized carbons (Fsp3) is 0.182. The number of aromatic nitrogens is 2. The van der Waals surface area contributed by atoms with Crippen molar-refractivity contribution in [3.05, 3.63) is 48.3 Å². The van der Waals surface area contributed by atoms with Crippen molar-refractivity contribution in [2.45, 2.75) is 12.3 Å². The maximum atomic E-state index is 12.3. The Morgan fingerprint density at radius 2 is 1.82 bits per heavy atom. The summed E-state index contributed by atoms with van der Waals surface area (Å²) < 4.78 is 38.1. The molecule has 90 valence electrons. The molecule has 1 heterocycles. The lowest BCUT2D eigenvalue weighted by atomic mass is 10.2. The van der Waals surface area contributed by atoms with Crippen molar-refractivity contribution >= 4 is 0 Å². The van der Waals surface area contributed by atoms with E-state index in [4.69, 9.17) is 5.11 Å². The van der Waals surface area contributed by atoms with Crippen LogP contribution in [0.2, 0.25) is 0 Å². The first-order valence-corrected chi connectivity index (χ1v) is 4.83. The van der Waals surface area contributed by atoms with E-state index in [0.29, 0.717) is 5.69 Å². The highest BCUT2D eigenvalue weighted by atomic mass is 19.4. The Bertz CT molecular complexity index is 493. The van der Waals surface area contributed by atoms with Crippen LogP contribution in [0, 0.1) is 0 Å². The summed E-state index contributed by atoms with van der Waals surface area (Å²) in [6, 6.07) is 8.69. The molecule has 2 rings (SSSR count). The first kappa shape index (κ1) is 11.7. The Morgan fingerprint density at radius 3 is 2.41 bits per heavy atom. The molecule has 0 fully saturated rings. The minimum atomic E-state index is -4.68. The topological polar surface area (TPSA) is 38.1 Å². The molecule has 1 N–H and O–H groups in total. The number of para-hydroxylation sites is 1. The van der Waals surface area contributed by atoms with Gasteiger partial charge in [0, 0.05) is 11.8 Å². The van der Waals surface area contributed by atoms with E-state index in [1.165, 1.54) is 4.68 Å². The number of benzene rings is 1. The fourth-order valence-electron chi connectivity index (χ4n) is 1.39. The maximum absolute atomic E-state index is 12.3. The van der Waals surface area contributed by atoms with Gasteiger partial charge < -0.3 is 5.11 Å². The van der Waals surface area contributed by atoms with Crippen LogP contribution in [0.3, 0.4) is 0 Å². The largest absolute Gasteiger partial charge is 0.418 e. The van der Waals surface area contributed by atoms with Gasteiger partial charge in [0.2, 0.25) is 0 Å². The molecule has 17 heavy (non-hydrogen) atoms. The predicted octanol–water partition coefficient (Wildman–Crippen LogP) is 2.47. The first-order chi connectivity index (χ1) is 7.98. The van der Waals surface area contributed by atoms with Crippen LogP contribution in [-0.2, 0) is 0 Å². The zero-order valence-electron chi connectivity index (χ0n) is 8.59. The Kier molecular flexibility index (Phi) is 2.89. The second-order valence-corrected chi connectivity index (χ2v) is 3.50. The molecule has 0 radical (unpaired) electrons. The average molecular weight is 242 g/mol. The minimum absolute atomic E-state index is 0.277. The van der Waals surface area contributed by atoms with Gasteiger partial charge in [0.25, 0.3) is 0 Å². The molecule has 0 aliphatic rings. The van der Waals surface area contributed by atoms with E-state index in [9.17, 15) is 13.2 Å². The Morgan fingerprint density at radius 1 is 1.18 bits per heavy atom. The molecule has 0 unspecified atom stereocenters. The number of aliphatic hydroxyl groups is 1. The summed E-state index contributed by atoms with van der Waals surface area (Å²) in [4.78, 5) is 0. The summed E-state index contributed by atoms with van der Waals surface area (Å²) >= 11 is 0. The highest BCUT2D eigenvalue weighted by molar-refractivity contribution is 5.31. The molecule has 0 amide bonds. The van der Waals surface area contributed by atoms with E-state index >= 15 is 0 Å². The van der Waals surface area contributed by atoms with Crippen LogP contribution in [0.25, 0.3) is 5.69 Å². The summed E-state index contributed by atoms with van der Waals surface area (Å²) in [6.45, 7) is 0. The third kappa shape index (κ3) is 2.47. The van der Waals surface area contributed by atoms with Crippen LogP contribution in [0.5, 0.6) is 0 Å². The number of halogens is 3. The van der Waals surface area contributed by atoms with Crippen molar-refractivity contribution in [2.75, 3.05) is 0 Å². The predicted molar refractivity (Wildman–Crippen MR) is 54.6 cm³/mol. The van der Waals surface area contributed by atoms with Crippen LogP contribution in [0.4, 0.5) is 13.2 Å². The minimum Gasteiger partial charge on any atom is -0.379 e. The van der Waals surface area contributed by atoms with Gasteiger partial charge in [0.1, 0.15) is 0 Å². The smallest absolute Gasteiger partial charge is 0.379 e. The van der Waals surface area contributed by atoms with Crippen LogP contribution in [0.15, 0.2) is 42.7 Å². The Balaban J connectivity index is 2.28. The van der Waals surface area contributed by atoms with Gasteiger partial charge in [0.15, 0.2) is 6.10 Å². The lowest BCUT2D eigenvalue weighted by Crippen LogP contribution is -2.19. The van der Waals surface area contributed by atoms with E-state index < -0.39 is 12.3 Å². The zero-order valence-corrected chi connectivity index (χ0v) is 8.59. The second kappa shape index (κ2) is 4.21. The number of rotatable bonds is 2. The van der Waals surface area contributed by atoms with E-state index in [1.54, 1.807) is 30.3 Å². The van der Waals surface area contributed by atoms with Crippen molar-refractivity contribution in [1.82, 2.24) is 9.78 Å². The van der Waals surface area contributed by atoms with Crippen LogP contribution in [-0.4, -0.2) is 21.1 Å².